The van der Waals surface area contributed by atoms with E-state index in [1.807, 2.05) is 12.1 Å². The lowest BCUT2D eigenvalue weighted by Crippen LogP contribution is -2.43. The molecule has 0 aliphatic heterocycles. The van der Waals surface area contributed by atoms with Crippen molar-refractivity contribution in [3.63, 3.8) is 0 Å². The van der Waals surface area contributed by atoms with Gasteiger partial charge < -0.3 is 15.5 Å². The van der Waals surface area contributed by atoms with Crippen LogP contribution in [0.3, 0.4) is 0 Å². The molecular weight excluding hydrogens is 303 g/mol. The van der Waals surface area contributed by atoms with E-state index in [1.165, 1.54) is 12.5 Å². The molecule has 1 aromatic carbocycles. The van der Waals surface area contributed by atoms with Crippen LogP contribution in [0.15, 0.2) is 29.3 Å². The van der Waals surface area contributed by atoms with Crippen molar-refractivity contribution in [1.29, 1.82) is 0 Å². The van der Waals surface area contributed by atoms with Crippen molar-refractivity contribution in [1.82, 2.24) is 15.5 Å². The van der Waals surface area contributed by atoms with Gasteiger partial charge in [0.05, 0.1) is 0 Å². The Morgan fingerprint density at radius 2 is 1.96 bits per heavy atom. The Morgan fingerprint density at radius 3 is 2.58 bits per heavy atom. The standard InChI is InChI=1S/C19H33FN4/c1-5-24(6-2)15-9-10-16(3)23-19(21-4)22-14-13-17-11-7-8-12-18(17)20/h7-8,11-12,16H,5-6,9-10,13-15H2,1-4H3,(H2,21,22,23). The van der Waals surface area contributed by atoms with E-state index in [0.717, 1.165) is 37.6 Å². The van der Waals surface area contributed by atoms with E-state index in [-0.39, 0.29) is 5.82 Å². The molecule has 0 spiro atoms. The summed E-state index contributed by atoms with van der Waals surface area (Å²) in [6, 6.07) is 7.26. The van der Waals surface area contributed by atoms with Gasteiger partial charge in [-0.3, -0.25) is 4.99 Å². The molecule has 136 valence electrons. The van der Waals surface area contributed by atoms with E-state index >= 15 is 0 Å². The molecule has 1 atom stereocenters. The average molecular weight is 336 g/mol. The van der Waals surface area contributed by atoms with Gasteiger partial charge in [-0.1, -0.05) is 32.0 Å². The van der Waals surface area contributed by atoms with Gasteiger partial charge in [0.1, 0.15) is 5.82 Å². The lowest BCUT2D eigenvalue weighted by Gasteiger charge is -2.21. The molecule has 0 amide bonds. The second-order valence-corrected chi connectivity index (χ2v) is 6.05. The van der Waals surface area contributed by atoms with Gasteiger partial charge in [-0.15, -0.1) is 0 Å². The minimum Gasteiger partial charge on any atom is -0.356 e. The second-order valence-electron chi connectivity index (χ2n) is 6.05. The van der Waals surface area contributed by atoms with Gasteiger partial charge >= 0.3 is 0 Å². The van der Waals surface area contributed by atoms with Gasteiger partial charge in [-0.25, -0.2) is 4.39 Å². The minimum atomic E-state index is -0.146. The van der Waals surface area contributed by atoms with Crippen molar-refractivity contribution in [2.75, 3.05) is 33.2 Å². The SMILES string of the molecule is CCN(CC)CCCC(C)NC(=NC)NCCc1ccccc1F. The zero-order chi connectivity index (χ0) is 17.8. The molecule has 0 fully saturated rings. The van der Waals surface area contributed by atoms with Crippen molar-refractivity contribution in [2.45, 2.75) is 46.1 Å². The summed E-state index contributed by atoms with van der Waals surface area (Å²) in [7, 11) is 1.76. The summed E-state index contributed by atoms with van der Waals surface area (Å²) in [5.74, 6) is 0.633. The fourth-order valence-electron chi connectivity index (χ4n) is 2.68. The Kier molecular flexibility index (Phi) is 10.1. The van der Waals surface area contributed by atoms with E-state index in [4.69, 9.17) is 0 Å². The maximum Gasteiger partial charge on any atom is 0.191 e. The number of hydrogen-bond acceptors (Lipinski definition) is 2. The van der Waals surface area contributed by atoms with E-state index < -0.39 is 0 Å². The number of aliphatic imine (C=N–C) groups is 1. The van der Waals surface area contributed by atoms with Crippen LogP contribution in [-0.4, -0.2) is 50.1 Å². The van der Waals surface area contributed by atoms with E-state index in [2.05, 4.69) is 41.3 Å². The van der Waals surface area contributed by atoms with Crippen molar-refractivity contribution in [2.24, 2.45) is 4.99 Å². The zero-order valence-corrected chi connectivity index (χ0v) is 15.6. The monoisotopic (exact) mass is 336 g/mol. The molecule has 1 unspecified atom stereocenters. The van der Waals surface area contributed by atoms with Crippen LogP contribution in [0.5, 0.6) is 0 Å². The van der Waals surface area contributed by atoms with Crippen LogP contribution in [0.2, 0.25) is 0 Å². The maximum atomic E-state index is 13.6. The molecule has 0 radical (unpaired) electrons. The summed E-state index contributed by atoms with van der Waals surface area (Å²) in [5, 5.41) is 6.66. The molecular formula is C19H33FN4. The third-order valence-corrected chi connectivity index (χ3v) is 4.26. The fraction of sp³-hybridized carbons (Fsp3) is 0.632. The summed E-state index contributed by atoms with van der Waals surface area (Å²) in [6.07, 6.45) is 2.91. The maximum absolute atomic E-state index is 13.6. The molecule has 24 heavy (non-hydrogen) atoms. The normalized spacial score (nSPS) is 13.2. The Labute approximate surface area is 146 Å². The number of nitrogens with one attached hydrogen (secondary N) is 2. The smallest absolute Gasteiger partial charge is 0.191 e. The lowest BCUT2D eigenvalue weighted by molar-refractivity contribution is 0.292. The Hall–Kier alpha value is -1.62. The topological polar surface area (TPSA) is 39.7 Å². The predicted molar refractivity (Wildman–Crippen MR) is 101 cm³/mol. The number of nitrogens with zero attached hydrogens (tertiary/aromatic N) is 2. The highest BCUT2D eigenvalue weighted by Crippen LogP contribution is 2.06. The van der Waals surface area contributed by atoms with E-state index in [0.29, 0.717) is 19.0 Å². The van der Waals surface area contributed by atoms with Crippen LogP contribution >= 0.6 is 0 Å². The van der Waals surface area contributed by atoms with Crippen molar-refractivity contribution in [3.8, 4) is 0 Å². The number of benzene rings is 1. The van der Waals surface area contributed by atoms with Gasteiger partial charge in [0.2, 0.25) is 0 Å². The number of halogens is 1. The number of rotatable bonds is 10. The summed E-state index contributed by atoms with van der Waals surface area (Å²) < 4.78 is 13.6. The average Bonchev–Trinajstić information content (AvgIpc) is 2.59. The highest BCUT2D eigenvalue weighted by Gasteiger charge is 2.07. The van der Waals surface area contributed by atoms with Crippen LogP contribution in [0.1, 0.15) is 39.2 Å². The second kappa shape index (κ2) is 11.8. The van der Waals surface area contributed by atoms with Crippen LogP contribution in [0, 0.1) is 5.82 Å². The molecule has 0 heterocycles. The molecule has 0 aromatic heterocycles. The first-order valence-corrected chi connectivity index (χ1v) is 9.03. The number of guanidine groups is 1. The predicted octanol–water partition coefficient (Wildman–Crippen LogP) is 3.04. The lowest BCUT2D eigenvalue weighted by atomic mass is 10.1. The van der Waals surface area contributed by atoms with Gasteiger partial charge in [0.25, 0.3) is 0 Å². The summed E-state index contributed by atoms with van der Waals surface area (Å²) in [6.45, 7) is 10.6. The Bertz CT molecular complexity index is 486. The molecule has 0 aliphatic carbocycles. The van der Waals surface area contributed by atoms with Crippen LogP contribution in [-0.2, 0) is 6.42 Å². The van der Waals surface area contributed by atoms with Crippen molar-refractivity contribution < 1.29 is 4.39 Å². The highest BCUT2D eigenvalue weighted by molar-refractivity contribution is 5.79. The first kappa shape index (κ1) is 20.4. The summed E-state index contributed by atoms with van der Waals surface area (Å²) in [4.78, 5) is 6.69. The quantitative estimate of drug-likeness (QED) is 0.510. The third kappa shape index (κ3) is 7.77. The molecule has 0 bridgehead atoms. The largest absolute Gasteiger partial charge is 0.356 e. The van der Waals surface area contributed by atoms with Gasteiger partial charge in [0, 0.05) is 19.6 Å². The molecule has 1 aromatic rings. The molecule has 4 nitrogen and oxygen atoms in total. The minimum absolute atomic E-state index is 0.146. The molecule has 1 rings (SSSR count). The van der Waals surface area contributed by atoms with Crippen molar-refractivity contribution in [3.05, 3.63) is 35.6 Å². The molecule has 5 heteroatoms. The van der Waals surface area contributed by atoms with Crippen LogP contribution in [0.25, 0.3) is 0 Å². The van der Waals surface area contributed by atoms with Gasteiger partial charge in [-0.05, 0) is 57.5 Å². The van der Waals surface area contributed by atoms with Gasteiger partial charge in [-0.2, -0.15) is 0 Å². The summed E-state index contributed by atoms with van der Waals surface area (Å²) in [5.41, 5.74) is 0.729. The molecule has 2 N–H and O–H groups in total. The van der Waals surface area contributed by atoms with Crippen LogP contribution < -0.4 is 10.6 Å². The van der Waals surface area contributed by atoms with Crippen molar-refractivity contribution >= 4 is 5.96 Å². The fourth-order valence-corrected chi connectivity index (χ4v) is 2.68. The zero-order valence-electron chi connectivity index (χ0n) is 15.6. The molecule has 0 saturated carbocycles. The van der Waals surface area contributed by atoms with E-state index in [9.17, 15) is 4.39 Å². The Balaban J connectivity index is 2.27. The highest BCUT2D eigenvalue weighted by atomic mass is 19.1. The molecule has 0 saturated heterocycles. The van der Waals surface area contributed by atoms with Crippen LogP contribution in [0.4, 0.5) is 4.39 Å². The third-order valence-electron chi connectivity index (χ3n) is 4.26. The van der Waals surface area contributed by atoms with Gasteiger partial charge in [0.15, 0.2) is 5.96 Å². The van der Waals surface area contributed by atoms with E-state index in [1.54, 1.807) is 13.1 Å². The first-order chi connectivity index (χ1) is 11.6. The molecule has 0 aliphatic rings. The first-order valence-electron chi connectivity index (χ1n) is 9.03. The Morgan fingerprint density at radius 1 is 1.25 bits per heavy atom. The summed E-state index contributed by atoms with van der Waals surface area (Å²) >= 11 is 0. The number of hydrogen-bond donors (Lipinski definition) is 2.